The lowest BCUT2D eigenvalue weighted by Gasteiger charge is -2.09. The Morgan fingerprint density at radius 2 is 1.78 bits per heavy atom. The molecule has 0 unspecified atom stereocenters. The molecule has 0 heterocycles. The number of hydrogen-bond acceptors (Lipinski definition) is 4. The zero-order chi connectivity index (χ0) is 13.9. The summed E-state index contributed by atoms with van der Waals surface area (Å²) in [5.41, 5.74) is 0. The summed E-state index contributed by atoms with van der Waals surface area (Å²) in [5, 5.41) is 3.20. The van der Waals surface area contributed by atoms with E-state index in [0.29, 0.717) is 19.0 Å². The molecule has 6 heteroatoms. The Labute approximate surface area is 112 Å². The van der Waals surface area contributed by atoms with Crippen molar-refractivity contribution in [3.05, 3.63) is 0 Å². The van der Waals surface area contributed by atoms with Gasteiger partial charge >= 0.3 is 0 Å². The number of unbranched alkanes of at least 4 members (excludes halogenated alkanes) is 2. The van der Waals surface area contributed by atoms with Crippen molar-refractivity contribution in [2.75, 3.05) is 32.6 Å². The SMILES string of the molecule is COCCCCCNS(=O)(=O)CCCNC(C)C. The minimum Gasteiger partial charge on any atom is -0.385 e. The third kappa shape index (κ3) is 12.3. The van der Waals surface area contributed by atoms with Gasteiger partial charge in [0.25, 0.3) is 0 Å². The van der Waals surface area contributed by atoms with Crippen molar-refractivity contribution in [2.24, 2.45) is 0 Å². The second kappa shape index (κ2) is 10.7. The van der Waals surface area contributed by atoms with Crippen LogP contribution in [0.2, 0.25) is 0 Å². The lowest BCUT2D eigenvalue weighted by atomic mass is 10.2. The van der Waals surface area contributed by atoms with Crippen LogP contribution in [0.5, 0.6) is 0 Å². The van der Waals surface area contributed by atoms with Crippen molar-refractivity contribution in [3.63, 3.8) is 0 Å². The highest BCUT2D eigenvalue weighted by molar-refractivity contribution is 7.89. The lowest BCUT2D eigenvalue weighted by Crippen LogP contribution is -2.30. The highest BCUT2D eigenvalue weighted by atomic mass is 32.2. The van der Waals surface area contributed by atoms with E-state index < -0.39 is 10.0 Å². The van der Waals surface area contributed by atoms with Gasteiger partial charge in [0.05, 0.1) is 5.75 Å². The van der Waals surface area contributed by atoms with E-state index in [1.807, 2.05) is 13.8 Å². The zero-order valence-electron chi connectivity index (χ0n) is 11.9. The Morgan fingerprint density at radius 3 is 2.39 bits per heavy atom. The van der Waals surface area contributed by atoms with E-state index in [-0.39, 0.29) is 5.75 Å². The van der Waals surface area contributed by atoms with Crippen LogP contribution in [0.15, 0.2) is 0 Å². The lowest BCUT2D eigenvalue weighted by molar-refractivity contribution is 0.192. The van der Waals surface area contributed by atoms with Gasteiger partial charge in [-0.2, -0.15) is 0 Å². The predicted molar refractivity (Wildman–Crippen MR) is 75.3 cm³/mol. The van der Waals surface area contributed by atoms with Gasteiger partial charge in [-0.25, -0.2) is 13.1 Å². The van der Waals surface area contributed by atoms with Crippen LogP contribution < -0.4 is 10.0 Å². The molecular formula is C12H28N2O3S. The first-order valence-corrected chi connectivity index (χ1v) is 8.33. The van der Waals surface area contributed by atoms with Gasteiger partial charge < -0.3 is 10.1 Å². The molecule has 5 nitrogen and oxygen atoms in total. The van der Waals surface area contributed by atoms with Crippen molar-refractivity contribution in [1.29, 1.82) is 0 Å². The number of ether oxygens (including phenoxy) is 1. The summed E-state index contributed by atoms with van der Waals surface area (Å²) >= 11 is 0. The van der Waals surface area contributed by atoms with E-state index >= 15 is 0 Å². The molecule has 0 rings (SSSR count). The van der Waals surface area contributed by atoms with Gasteiger partial charge in [0.1, 0.15) is 0 Å². The van der Waals surface area contributed by atoms with E-state index in [1.165, 1.54) is 0 Å². The van der Waals surface area contributed by atoms with Gasteiger partial charge in [-0.05, 0) is 32.2 Å². The Bertz CT molecular complexity index is 279. The van der Waals surface area contributed by atoms with Crippen LogP contribution in [-0.4, -0.2) is 47.0 Å². The van der Waals surface area contributed by atoms with Crippen molar-refractivity contribution < 1.29 is 13.2 Å². The van der Waals surface area contributed by atoms with Gasteiger partial charge in [-0.15, -0.1) is 0 Å². The fourth-order valence-corrected chi connectivity index (χ4v) is 2.62. The van der Waals surface area contributed by atoms with Crippen LogP contribution >= 0.6 is 0 Å². The summed E-state index contributed by atoms with van der Waals surface area (Å²) < 4.78 is 30.8. The molecule has 0 saturated heterocycles. The fraction of sp³-hybridized carbons (Fsp3) is 1.00. The second-order valence-corrected chi connectivity index (χ2v) is 6.66. The molecule has 110 valence electrons. The smallest absolute Gasteiger partial charge is 0.211 e. The first-order chi connectivity index (χ1) is 8.48. The Balaban J connectivity index is 3.49. The van der Waals surface area contributed by atoms with E-state index in [1.54, 1.807) is 7.11 Å². The number of nitrogens with one attached hydrogen (secondary N) is 2. The largest absolute Gasteiger partial charge is 0.385 e. The number of methoxy groups -OCH3 is 1. The molecule has 0 aliphatic heterocycles. The quantitative estimate of drug-likeness (QED) is 0.526. The van der Waals surface area contributed by atoms with Crippen LogP contribution in [0.25, 0.3) is 0 Å². The Hall–Kier alpha value is -0.170. The Morgan fingerprint density at radius 1 is 1.06 bits per heavy atom. The molecule has 0 radical (unpaired) electrons. The second-order valence-electron chi connectivity index (χ2n) is 4.73. The molecule has 0 aliphatic rings. The topological polar surface area (TPSA) is 67.4 Å². The van der Waals surface area contributed by atoms with Gasteiger partial charge in [0, 0.05) is 26.3 Å². The summed E-state index contributed by atoms with van der Waals surface area (Å²) in [4.78, 5) is 0. The average molecular weight is 280 g/mol. The van der Waals surface area contributed by atoms with Gasteiger partial charge in [-0.3, -0.25) is 0 Å². The number of sulfonamides is 1. The summed E-state index contributed by atoms with van der Waals surface area (Å²) in [6.45, 7) is 6.11. The molecule has 0 spiro atoms. The van der Waals surface area contributed by atoms with E-state index in [4.69, 9.17) is 4.74 Å². The van der Waals surface area contributed by atoms with Crippen molar-refractivity contribution in [2.45, 2.75) is 45.6 Å². The van der Waals surface area contributed by atoms with E-state index in [0.717, 1.165) is 32.4 Å². The summed E-state index contributed by atoms with van der Waals surface area (Å²) in [5.74, 6) is 0.199. The standard InChI is InChI=1S/C12H28N2O3S/c1-12(2)13-8-7-11-18(15,16)14-9-5-4-6-10-17-3/h12-14H,4-11H2,1-3H3. The molecule has 0 aliphatic carbocycles. The summed E-state index contributed by atoms with van der Waals surface area (Å²) in [6, 6.07) is 0.404. The van der Waals surface area contributed by atoms with Gasteiger partial charge in [-0.1, -0.05) is 13.8 Å². The first kappa shape index (κ1) is 17.8. The highest BCUT2D eigenvalue weighted by Crippen LogP contribution is 1.96. The van der Waals surface area contributed by atoms with Crippen LogP contribution in [0.1, 0.15) is 39.5 Å². The molecule has 0 fully saturated rings. The Kier molecular flexibility index (Phi) is 10.6. The average Bonchev–Trinajstić information content (AvgIpc) is 2.29. The van der Waals surface area contributed by atoms with Crippen LogP contribution in [0.3, 0.4) is 0 Å². The highest BCUT2D eigenvalue weighted by Gasteiger charge is 2.08. The third-order valence-corrected chi connectivity index (χ3v) is 3.96. The van der Waals surface area contributed by atoms with Crippen LogP contribution in [0, 0.1) is 0 Å². The fourth-order valence-electron chi connectivity index (χ4n) is 1.50. The maximum absolute atomic E-state index is 11.6. The van der Waals surface area contributed by atoms with Crippen LogP contribution in [-0.2, 0) is 14.8 Å². The summed E-state index contributed by atoms with van der Waals surface area (Å²) in [6.07, 6.45) is 3.49. The molecule has 0 bridgehead atoms. The minimum atomic E-state index is -3.09. The number of rotatable bonds is 12. The maximum Gasteiger partial charge on any atom is 0.211 e. The normalized spacial score (nSPS) is 12.2. The predicted octanol–water partition coefficient (Wildman–Crippen LogP) is 1.11. The molecule has 0 amide bonds. The van der Waals surface area contributed by atoms with Crippen molar-refractivity contribution in [3.8, 4) is 0 Å². The molecule has 0 aromatic heterocycles. The molecule has 0 atom stereocenters. The summed E-state index contributed by atoms with van der Waals surface area (Å²) in [7, 11) is -1.42. The monoisotopic (exact) mass is 280 g/mol. The minimum absolute atomic E-state index is 0.199. The van der Waals surface area contributed by atoms with Crippen molar-refractivity contribution in [1.82, 2.24) is 10.0 Å². The maximum atomic E-state index is 11.6. The van der Waals surface area contributed by atoms with Crippen molar-refractivity contribution >= 4 is 10.0 Å². The van der Waals surface area contributed by atoms with Gasteiger partial charge in [0.15, 0.2) is 0 Å². The molecule has 0 aromatic carbocycles. The molecule has 2 N–H and O–H groups in total. The molecule has 0 saturated carbocycles. The van der Waals surface area contributed by atoms with E-state index in [9.17, 15) is 8.42 Å². The van der Waals surface area contributed by atoms with Gasteiger partial charge in [0.2, 0.25) is 10.0 Å². The zero-order valence-corrected chi connectivity index (χ0v) is 12.7. The molecular weight excluding hydrogens is 252 g/mol. The molecule has 0 aromatic rings. The van der Waals surface area contributed by atoms with E-state index in [2.05, 4.69) is 10.0 Å². The van der Waals surface area contributed by atoms with Crippen LogP contribution in [0.4, 0.5) is 0 Å². The first-order valence-electron chi connectivity index (χ1n) is 6.67. The third-order valence-electron chi connectivity index (χ3n) is 2.49. The molecule has 18 heavy (non-hydrogen) atoms. The number of hydrogen-bond donors (Lipinski definition) is 2.